The quantitative estimate of drug-likeness (QED) is 0.367. The molecule has 0 fully saturated rings. The molecule has 2 aliphatic rings. The predicted octanol–water partition coefficient (Wildman–Crippen LogP) is 4.51. The summed E-state index contributed by atoms with van der Waals surface area (Å²) in [6, 6.07) is 14.6. The molecule has 0 radical (unpaired) electrons. The molecule has 1 aromatic heterocycles. The molecule has 0 bridgehead atoms. The van der Waals surface area contributed by atoms with Crippen molar-refractivity contribution in [3.63, 3.8) is 0 Å². The number of aromatic hydroxyl groups is 1. The lowest BCUT2D eigenvalue weighted by atomic mass is 9.93. The van der Waals surface area contributed by atoms with Gasteiger partial charge in [-0.3, -0.25) is 9.78 Å². The van der Waals surface area contributed by atoms with Crippen LogP contribution in [0.25, 0.3) is 22.4 Å². The summed E-state index contributed by atoms with van der Waals surface area (Å²) in [7, 11) is 0. The summed E-state index contributed by atoms with van der Waals surface area (Å²) < 4.78 is 13.8. The second-order valence-corrected chi connectivity index (χ2v) is 6.56. The fourth-order valence-electron chi connectivity index (χ4n) is 4.01. The zero-order valence-electron chi connectivity index (χ0n) is 14.4. The zero-order chi connectivity index (χ0) is 19.4. The number of Topliss-reactive ketones (excluding diaryl/α,β-unsaturated/α-hetero) is 1. The van der Waals surface area contributed by atoms with E-state index in [0.717, 1.165) is 0 Å². The molecule has 2 aromatic carbocycles. The number of hydrogen-bond acceptors (Lipinski definition) is 4. The molecule has 0 unspecified atom stereocenters. The Hall–Kier alpha value is -4.04. The van der Waals surface area contributed by atoms with Gasteiger partial charge in [0.25, 0.3) is 0 Å². The van der Waals surface area contributed by atoms with E-state index in [9.17, 15) is 19.6 Å². The number of halogens is 1. The van der Waals surface area contributed by atoms with Gasteiger partial charge in [0.1, 0.15) is 11.6 Å². The van der Waals surface area contributed by atoms with Gasteiger partial charge in [-0.25, -0.2) is 4.39 Å². The van der Waals surface area contributed by atoms with Gasteiger partial charge in [0, 0.05) is 40.1 Å². The van der Waals surface area contributed by atoms with Crippen molar-refractivity contribution in [3.05, 3.63) is 94.4 Å². The van der Waals surface area contributed by atoms with Gasteiger partial charge in [0.2, 0.25) is 0 Å². The van der Waals surface area contributed by atoms with Crippen molar-refractivity contribution in [2.24, 2.45) is 0 Å². The number of phenols is 1. The average molecular weight is 366 g/mol. The molecule has 4 nitrogen and oxygen atoms in total. The fraction of sp³-hybridized carbons (Fsp3) is 0. The van der Waals surface area contributed by atoms with E-state index in [4.69, 9.17) is 0 Å². The predicted molar refractivity (Wildman–Crippen MR) is 102 cm³/mol. The number of nitrogens with zero attached hydrogens (tertiary/aromatic N) is 2. The molecule has 3 aromatic rings. The first kappa shape index (κ1) is 16.2. The lowest BCUT2D eigenvalue weighted by Gasteiger charge is -2.08. The molecule has 0 spiro atoms. The highest BCUT2D eigenvalue weighted by Gasteiger charge is 2.38. The topological polar surface area (TPSA) is 74.0 Å². The van der Waals surface area contributed by atoms with Crippen molar-refractivity contribution in [1.29, 1.82) is 5.26 Å². The van der Waals surface area contributed by atoms with Crippen LogP contribution in [0, 0.1) is 17.1 Å². The molecule has 5 heteroatoms. The van der Waals surface area contributed by atoms with Crippen LogP contribution >= 0.6 is 0 Å². The number of pyridine rings is 1. The maximum atomic E-state index is 13.8. The average Bonchev–Trinajstić information content (AvgIpc) is 3.15. The SMILES string of the molecule is N#C/C=C1/C(=C2/c3cccnc3-c3c(O)cccc32)C(=O)c2cc(F)ccc21. The summed E-state index contributed by atoms with van der Waals surface area (Å²) in [6.45, 7) is 0. The molecular formula is C23H11FN2O2. The molecule has 0 atom stereocenters. The number of ketones is 1. The Morgan fingerprint density at radius 3 is 2.64 bits per heavy atom. The maximum Gasteiger partial charge on any atom is 0.195 e. The molecule has 0 amide bonds. The smallest absolute Gasteiger partial charge is 0.195 e. The number of fused-ring (bicyclic) bond motifs is 4. The van der Waals surface area contributed by atoms with E-state index in [-0.39, 0.29) is 17.1 Å². The minimum atomic E-state index is -0.513. The second-order valence-electron chi connectivity index (χ2n) is 6.56. The van der Waals surface area contributed by atoms with Crippen LogP contribution in [0.15, 0.2) is 66.4 Å². The Bertz CT molecular complexity index is 1310. The van der Waals surface area contributed by atoms with Crippen molar-refractivity contribution in [2.75, 3.05) is 0 Å². The third-order valence-corrected chi connectivity index (χ3v) is 5.10. The Morgan fingerprint density at radius 2 is 1.82 bits per heavy atom. The lowest BCUT2D eigenvalue weighted by molar-refractivity contribution is 0.104. The van der Waals surface area contributed by atoms with Gasteiger partial charge >= 0.3 is 0 Å². The molecule has 28 heavy (non-hydrogen) atoms. The number of rotatable bonds is 0. The first-order chi connectivity index (χ1) is 13.6. The van der Waals surface area contributed by atoms with Crippen LogP contribution in [0.4, 0.5) is 4.39 Å². The summed E-state index contributed by atoms with van der Waals surface area (Å²) in [6.07, 6.45) is 2.93. The van der Waals surface area contributed by atoms with E-state index in [1.165, 1.54) is 24.3 Å². The van der Waals surface area contributed by atoms with Gasteiger partial charge in [-0.15, -0.1) is 0 Å². The first-order valence-corrected chi connectivity index (χ1v) is 8.59. The number of carbonyl (C=O) groups excluding carboxylic acids is 1. The summed E-state index contributed by atoms with van der Waals surface area (Å²) in [5.41, 5.74) is 4.59. The van der Waals surface area contributed by atoms with Gasteiger partial charge in [-0.2, -0.15) is 5.26 Å². The summed E-state index contributed by atoms with van der Waals surface area (Å²) in [5.74, 6) is -0.800. The van der Waals surface area contributed by atoms with E-state index >= 15 is 0 Å². The zero-order valence-corrected chi connectivity index (χ0v) is 14.4. The Morgan fingerprint density at radius 1 is 1.00 bits per heavy atom. The van der Waals surface area contributed by atoms with Crippen LogP contribution in [0.1, 0.15) is 27.0 Å². The van der Waals surface area contributed by atoms with Gasteiger partial charge in [-0.1, -0.05) is 24.3 Å². The van der Waals surface area contributed by atoms with Gasteiger partial charge in [0.15, 0.2) is 5.78 Å². The first-order valence-electron chi connectivity index (χ1n) is 8.59. The molecule has 2 aliphatic carbocycles. The van der Waals surface area contributed by atoms with Crippen molar-refractivity contribution < 1.29 is 14.3 Å². The molecule has 0 saturated heterocycles. The van der Waals surface area contributed by atoms with E-state index < -0.39 is 5.82 Å². The molecule has 0 saturated carbocycles. The fourth-order valence-corrected chi connectivity index (χ4v) is 4.01. The highest BCUT2D eigenvalue weighted by molar-refractivity contribution is 6.32. The van der Waals surface area contributed by atoms with Crippen LogP contribution in [-0.4, -0.2) is 15.9 Å². The Kier molecular flexibility index (Phi) is 3.31. The highest BCUT2D eigenvalue weighted by Crippen LogP contribution is 2.52. The van der Waals surface area contributed by atoms with Crippen LogP contribution < -0.4 is 0 Å². The number of phenolic OH excluding ortho intramolecular Hbond substituents is 1. The van der Waals surface area contributed by atoms with Crippen molar-refractivity contribution in [2.45, 2.75) is 0 Å². The second kappa shape index (κ2) is 5.73. The van der Waals surface area contributed by atoms with E-state index in [1.807, 2.05) is 12.1 Å². The third-order valence-electron chi connectivity index (χ3n) is 5.10. The minimum Gasteiger partial charge on any atom is -0.507 e. The summed E-state index contributed by atoms with van der Waals surface area (Å²) in [5, 5.41) is 19.7. The van der Waals surface area contributed by atoms with Crippen LogP contribution in [0.5, 0.6) is 5.75 Å². The van der Waals surface area contributed by atoms with Gasteiger partial charge < -0.3 is 5.11 Å². The number of aromatic nitrogens is 1. The molecule has 5 rings (SSSR count). The number of benzene rings is 2. The molecule has 1 heterocycles. The number of carbonyl (C=O) groups is 1. The number of hydrogen-bond donors (Lipinski definition) is 1. The molecule has 132 valence electrons. The lowest BCUT2D eigenvalue weighted by Crippen LogP contribution is -2.00. The standard InChI is InChI=1S/C23H11FN2O2/c24-12-6-7-13-14(8-9-25)21(23(28)17(13)11-12)19-15-3-1-5-18(27)20(15)22-16(19)4-2-10-26-22/h1-8,10-11,27H/b14-8+,21-19-. The third kappa shape index (κ3) is 2.03. The van der Waals surface area contributed by atoms with Crippen molar-refractivity contribution >= 4 is 16.9 Å². The normalized spacial score (nSPS) is 18.0. The monoisotopic (exact) mass is 366 g/mol. The molecule has 1 N–H and O–H groups in total. The van der Waals surface area contributed by atoms with E-state index in [1.54, 1.807) is 30.5 Å². The van der Waals surface area contributed by atoms with Crippen molar-refractivity contribution in [1.82, 2.24) is 4.98 Å². The van der Waals surface area contributed by atoms with Crippen LogP contribution in [-0.2, 0) is 0 Å². The molecule has 0 aliphatic heterocycles. The summed E-state index contributed by atoms with van der Waals surface area (Å²) in [4.78, 5) is 17.7. The van der Waals surface area contributed by atoms with Gasteiger partial charge in [-0.05, 0) is 35.4 Å². The number of nitriles is 1. The minimum absolute atomic E-state index is 0.0628. The Balaban J connectivity index is 1.93. The molecular weight excluding hydrogens is 355 g/mol. The largest absolute Gasteiger partial charge is 0.507 e. The summed E-state index contributed by atoms with van der Waals surface area (Å²) >= 11 is 0. The van der Waals surface area contributed by atoms with Crippen LogP contribution in [0.3, 0.4) is 0 Å². The highest BCUT2D eigenvalue weighted by atomic mass is 19.1. The van der Waals surface area contributed by atoms with E-state index in [0.29, 0.717) is 44.7 Å². The Labute approximate surface area is 159 Å². The maximum absolute atomic E-state index is 13.8. The van der Waals surface area contributed by atoms with Crippen LogP contribution in [0.2, 0.25) is 0 Å². The van der Waals surface area contributed by atoms with Crippen molar-refractivity contribution in [3.8, 4) is 23.1 Å². The van der Waals surface area contributed by atoms with Gasteiger partial charge in [0.05, 0.1) is 17.3 Å². The number of allylic oxidation sites excluding steroid dienone is 3. The van der Waals surface area contributed by atoms with E-state index in [2.05, 4.69) is 4.98 Å².